The van der Waals surface area contributed by atoms with Crippen LogP contribution in [0.15, 0.2) is 77.3 Å². The first-order chi connectivity index (χ1) is 12.7. The predicted octanol–water partition coefficient (Wildman–Crippen LogP) is 6.04. The highest BCUT2D eigenvalue weighted by atomic mass is 79.9. The fourth-order valence-corrected chi connectivity index (χ4v) is 4.41. The number of benzene rings is 2. The molecule has 5 heteroatoms. The number of aromatic nitrogens is 3. The molecule has 0 radical (unpaired) electrons. The minimum Gasteiger partial charge on any atom is -0.209 e. The molecule has 1 unspecified atom stereocenters. The number of nitrogens with zero attached hydrogens (tertiary/aromatic N) is 3. The van der Waals surface area contributed by atoms with E-state index < -0.39 is 0 Å². The monoisotopic (exact) mass is 467 g/mol. The number of hydrogen-bond donors (Lipinski definition) is 0. The van der Waals surface area contributed by atoms with E-state index in [1.165, 1.54) is 0 Å². The molecule has 0 bridgehead atoms. The lowest BCUT2D eigenvalue weighted by atomic mass is 10.0. The fraction of sp³-hybridized carbons (Fsp3) is 0.0952. The number of allylic oxidation sites excluding steroid dienone is 4. The number of alkyl halides is 1. The van der Waals surface area contributed by atoms with Gasteiger partial charge >= 0.3 is 0 Å². The van der Waals surface area contributed by atoms with Gasteiger partial charge in [-0.15, -0.1) is 0 Å². The van der Waals surface area contributed by atoms with Gasteiger partial charge in [0.25, 0.3) is 0 Å². The van der Waals surface area contributed by atoms with Gasteiger partial charge in [-0.2, -0.15) is 0 Å². The highest BCUT2D eigenvalue weighted by Crippen LogP contribution is 2.32. The van der Waals surface area contributed by atoms with Gasteiger partial charge in [-0.05, 0) is 18.1 Å². The molecule has 4 rings (SSSR count). The summed E-state index contributed by atoms with van der Waals surface area (Å²) in [6, 6.07) is 20.0. The maximum absolute atomic E-state index is 4.76. The van der Waals surface area contributed by atoms with Gasteiger partial charge in [0.1, 0.15) is 0 Å². The average molecular weight is 469 g/mol. The third-order valence-electron chi connectivity index (χ3n) is 4.05. The first-order valence-electron chi connectivity index (χ1n) is 8.28. The third-order valence-corrected chi connectivity index (χ3v) is 5.14. The Bertz CT molecular complexity index is 925. The van der Waals surface area contributed by atoms with Crippen LogP contribution in [0.3, 0.4) is 0 Å². The van der Waals surface area contributed by atoms with Crippen molar-refractivity contribution in [3.8, 4) is 22.8 Å². The van der Waals surface area contributed by atoms with Crippen LogP contribution >= 0.6 is 31.9 Å². The SMILES string of the molecule is BrC1=CC(Br)CC(c2nc(-c3ccccc3)nc(-c3ccccc3)n2)=C1. The molecule has 0 saturated carbocycles. The Morgan fingerprint density at radius 3 is 1.73 bits per heavy atom. The Balaban J connectivity index is 1.88. The zero-order valence-corrected chi connectivity index (χ0v) is 17.0. The van der Waals surface area contributed by atoms with Crippen molar-refractivity contribution >= 4 is 37.4 Å². The second-order valence-electron chi connectivity index (χ2n) is 5.98. The second-order valence-corrected chi connectivity index (χ2v) is 8.07. The van der Waals surface area contributed by atoms with Gasteiger partial charge in [0.15, 0.2) is 17.5 Å². The summed E-state index contributed by atoms with van der Waals surface area (Å²) >= 11 is 7.25. The van der Waals surface area contributed by atoms with E-state index >= 15 is 0 Å². The Morgan fingerprint density at radius 2 is 1.23 bits per heavy atom. The molecular weight excluding hydrogens is 454 g/mol. The van der Waals surface area contributed by atoms with E-state index in [4.69, 9.17) is 15.0 Å². The summed E-state index contributed by atoms with van der Waals surface area (Å²) in [6.45, 7) is 0. The summed E-state index contributed by atoms with van der Waals surface area (Å²) in [5, 5.41) is 0. The summed E-state index contributed by atoms with van der Waals surface area (Å²) in [7, 11) is 0. The van der Waals surface area contributed by atoms with E-state index in [0.29, 0.717) is 17.5 Å². The smallest absolute Gasteiger partial charge is 0.164 e. The van der Waals surface area contributed by atoms with Crippen LogP contribution in [0.25, 0.3) is 28.3 Å². The van der Waals surface area contributed by atoms with Crippen molar-refractivity contribution in [2.45, 2.75) is 11.2 Å². The van der Waals surface area contributed by atoms with Crippen molar-refractivity contribution in [2.75, 3.05) is 0 Å². The van der Waals surface area contributed by atoms with Gasteiger partial charge in [-0.25, -0.2) is 15.0 Å². The van der Waals surface area contributed by atoms with Crippen LogP contribution in [0.1, 0.15) is 12.2 Å². The molecule has 0 spiro atoms. The summed E-state index contributed by atoms with van der Waals surface area (Å²) in [5.74, 6) is 2.09. The molecule has 3 aromatic rings. The van der Waals surface area contributed by atoms with E-state index in [1.54, 1.807) is 0 Å². The van der Waals surface area contributed by atoms with Gasteiger partial charge in [0.05, 0.1) is 0 Å². The molecule has 0 amide bonds. The molecule has 0 saturated heterocycles. The van der Waals surface area contributed by atoms with Gasteiger partial charge in [0, 0.05) is 20.4 Å². The predicted molar refractivity (Wildman–Crippen MR) is 113 cm³/mol. The molecule has 1 aliphatic carbocycles. The van der Waals surface area contributed by atoms with E-state index in [2.05, 4.69) is 44.0 Å². The Hall–Kier alpha value is -2.11. The largest absolute Gasteiger partial charge is 0.209 e. The van der Waals surface area contributed by atoms with Gasteiger partial charge < -0.3 is 0 Å². The summed E-state index contributed by atoms with van der Waals surface area (Å²) in [4.78, 5) is 14.5. The first-order valence-corrected chi connectivity index (χ1v) is 9.99. The van der Waals surface area contributed by atoms with Crippen molar-refractivity contribution in [3.05, 3.63) is 83.1 Å². The van der Waals surface area contributed by atoms with E-state index in [-0.39, 0.29) is 4.83 Å². The third kappa shape index (κ3) is 3.84. The molecule has 0 aliphatic heterocycles. The van der Waals surface area contributed by atoms with Gasteiger partial charge in [0.2, 0.25) is 0 Å². The van der Waals surface area contributed by atoms with Gasteiger partial charge in [-0.3, -0.25) is 0 Å². The minimum atomic E-state index is 0.258. The molecular formula is C21H15Br2N3. The summed E-state index contributed by atoms with van der Waals surface area (Å²) < 4.78 is 1.03. The standard InChI is InChI=1S/C21H15Br2N3/c22-17-11-16(12-18(23)13-17)21-25-19(14-7-3-1-4-8-14)24-20(26-21)15-9-5-2-6-10-15/h1-11,13,18H,12H2. The molecule has 1 aromatic heterocycles. The Morgan fingerprint density at radius 1 is 0.731 bits per heavy atom. The van der Waals surface area contributed by atoms with Crippen LogP contribution < -0.4 is 0 Å². The average Bonchev–Trinajstić information content (AvgIpc) is 2.68. The molecule has 2 aromatic carbocycles. The highest BCUT2D eigenvalue weighted by Gasteiger charge is 2.18. The molecule has 128 valence electrons. The molecule has 1 atom stereocenters. The Labute approximate surface area is 169 Å². The molecule has 1 aliphatic rings. The zero-order chi connectivity index (χ0) is 17.9. The fourth-order valence-electron chi connectivity index (χ4n) is 2.82. The van der Waals surface area contributed by atoms with E-state index in [9.17, 15) is 0 Å². The lowest BCUT2D eigenvalue weighted by Gasteiger charge is -2.15. The maximum atomic E-state index is 4.76. The molecule has 3 nitrogen and oxygen atoms in total. The zero-order valence-electron chi connectivity index (χ0n) is 13.8. The van der Waals surface area contributed by atoms with Crippen molar-refractivity contribution in [1.29, 1.82) is 0 Å². The highest BCUT2D eigenvalue weighted by molar-refractivity contribution is 9.12. The van der Waals surface area contributed by atoms with Crippen LogP contribution in [0, 0.1) is 0 Å². The van der Waals surface area contributed by atoms with Crippen LogP contribution in [0.4, 0.5) is 0 Å². The van der Waals surface area contributed by atoms with Crippen LogP contribution in [0.5, 0.6) is 0 Å². The van der Waals surface area contributed by atoms with Crippen LogP contribution in [-0.4, -0.2) is 19.8 Å². The quantitative estimate of drug-likeness (QED) is 0.440. The second kappa shape index (κ2) is 7.64. The molecule has 0 fully saturated rings. The molecule has 1 heterocycles. The molecule has 26 heavy (non-hydrogen) atoms. The maximum Gasteiger partial charge on any atom is 0.164 e. The van der Waals surface area contributed by atoms with Crippen LogP contribution in [0.2, 0.25) is 0 Å². The van der Waals surface area contributed by atoms with Gasteiger partial charge in [-0.1, -0.05) is 98.6 Å². The summed E-state index contributed by atoms with van der Waals surface area (Å²) in [5.41, 5.74) is 3.04. The normalized spacial score (nSPS) is 16.8. The van der Waals surface area contributed by atoms with Crippen molar-refractivity contribution < 1.29 is 0 Å². The number of halogens is 2. The van der Waals surface area contributed by atoms with E-state index in [0.717, 1.165) is 27.6 Å². The Kier molecular flexibility index (Phi) is 5.09. The van der Waals surface area contributed by atoms with E-state index in [1.807, 2.05) is 60.7 Å². The lowest BCUT2D eigenvalue weighted by Crippen LogP contribution is -2.07. The topological polar surface area (TPSA) is 38.7 Å². The molecule has 0 N–H and O–H groups in total. The number of rotatable bonds is 3. The first kappa shape index (κ1) is 17.3. The van der Waals surface area contributed by atoms with Crippen LogP contribution in [-0.2, 0) is 0 Å². The van der Waals surface area contributed by atoms with Crippen molar-refractivity contribution in [2.24, 2.45) is 0 Å². The number of hydrogen-bond acceptors (Lipinski definition) is 3. The van der Waals surface area contributed by atoms with Crippen molar-refractivity contribution in [3.63, 3.8) is 0 Å². The van der Waals surface area contributed by atoms with Crippen molar-refractivity contribution in [1.82, 2.24) is 15.0 Å². The lowest BCUT2D eigenvalue weighted by molar-refractivity contribution is 0.990. The summed E-state index contributed by atoms with van der Waals surface area (Å²) in [6.07, 6.45) is 5.04. The minimum absolute atomic E-state index is 0.258.